The summed E-state index contributed by atoms with van der Waals surface area (Å²) in [7, 11) is 0. The van der Waals surface area contributed by atoms with E-state index in [2.05, 4.69) is 23.6 Å². The van der Waals surface area contributed by atoms with Crippen LogP contribution in [-0.2, 0) is 14.4 Å². The molecule has 0 saturated carbocycles. The number of thiophene rings is 3. The Labute approximate surface area is 203 Å². The van der Waals surface area contributed by atoms with Crippen LogP contribution in [0.5, 0.6) is 0 Å². The number of hydrogen-bond donors (Lipinski definition) is 1. The summed E-state index contributed by atoms with van der Waals surface area (Å²) in [5.41, 5.74) is 0. The summed E-state index contributed by atoms with van der Waals surface area (Å²) in [5, 5.41) is 13.4. The maximum Gasteiger partial charge on any atom is 0.575 e. The van der Waals surface area contributed by atoms with Crippen LogP contribution in [0, 0.1) is 0 Å². The van der Waals surface area contributed by atoms with Gasteiger partial charge in [-0.05, 0) is 43.5 Å². The lowest BCUT2D eigenvalue weighted by Crippen LogP contribution is -2.64. The number of nitrogens with zero attached hydrogens (tertiary/aromatic N) is 2. The standard InChI is InChI=1S/C23H24N2O5S3/c1-14-5-6-15(2)24(14,23(28)30-25(29)20(26)10-11-21(25)27)22-12-9-19(33-22)18-8-7-17(32-18)16-4-3-13-31-16/h3-4,7-9,12-15,29H,5-6,10-11H2,1-2H3/q+2/t14-,15?,24?/m1/s1. The molecule has 0 aliphatic carbocycles. The van der Waals surface area contributed by atoms with Crippen LogP contribution in [0.1, 0.15) is 39.5 Å². The first-order valence-corrected chi connectivity index (χ1v) is 13.3. The second-order valence-corrected chi connectivity index (χ2v) is 11.6. The Morgan fingerprint density at radius 2 is 1.48 bits per heavy atom. The molecule has 1 N–H and O–H groups in total. The van der Waals surface area contributed by atoms with Crippen LogP contribution < -0.4 is 4.48 Å². The molecule has 2 aliphatic rings. The molecule has 7 nitrogen and oxygen atoms in total. The summed E-state index contributed by atoms with van der Waals surface area (Å²) in [6.07, 6.45) is 0.540. The highest BCUT2D eigenvalue weighted by Gasteiger charge is 2.63. The van der Waals surface area contributed by atoms with Gasteiger partial charge in [0.15, 0.2) is 5.00 Å². The van der Waals surface area contributed by atoms with Crippen molar-refractivity contribution in [1.29, 1.82) is 0 Å². The monoisotopic (exact) mass is 504 g/mol. The number of hydroxylamine groups is 4. The molecule has 0 bridgehead atoms. The van der Waals surface area contributed by atoms with E-state index in [1.165, 1.54) is 21.1 Å². The average Bonchev–Trinajstić information content (AvgIpc) is 3.59. The van der Waals surface area contributed by atoms with Crippen molar-refractivity contribution in [1.82, 2.24) is 4.48 Å². The first kappa shape index (κ1) is 22.6. The van der Waals surface area contributed by atoms with Gasteiger partial charge in [-0.25, -0.2) is 9.59 Å². The van der Waals surface area contributed by atoms with Crippen molar-refractivity contribution in [3.63, 3.8) is 0 Å². The van der Waals surface area contributed by atoms with Gasteiger partial charge in [0.05, 0.1) is 17.7 Å². The lowest BCUT2D eigenvalue weighted by Gasteiger charge is -2.36. The van der Waals surface area contributed by atoms with Gasteiger partial charge in [-0.3, -0.25) is 0 Å². The zero-order valence-electron chi connectivity index (χ0n) is 18.2. The van der Waals surface area contributed by atoms with Gasteiger partial charge in [0.2, 0.25) is 0 Å². The summed E-state index contributed by atoms with van der Waals surface area (Å²) in [5.74, 6) is -1.62. The number of quaternary nitrogens is 2. The second kappa shape index (κ2) is 8.23. The van der Waals surface area contributed by atoms with Crippen molar-refractivity contribution < 1.29 is 29.2 Å². The fourth-order valence-electron chi connectivity index (χ4n) is 4.83. The second-order valence-electron chi connectivity index (χ2n) is 8.55. The summed E-state index contributed by atoms with van der Waals surface area (Å²) >= 11 is 4.91. The third kappa shape index (κ3) is 3.44. The predicted octanol–water partition coefficient (Wildman–Crippen LogP) is 6.19. The molecule has 3 aromatic heterocycles. The molecule has 0 aromatic carbocycles. The van der Waals surface area contributed by atoms with E-state index >= 15 is 0 Å². The minimum atomic E-state index is -1.88. The lowest BCUT2D eigenvalue weighted by molar-refractivity contribution is -1.12. The summed E-state index contributed by atoms with van der Waals surface area (Å²) < 4.78 is -0.144. The molecule has 33 heavy (non-hydrogen) atoms. The fourth-order valence-corrected chi connectivity index (χ4v) is 8.09. The van der Waals surface area contributed by atoms with Gasteiger partial charge in [-0.1, -0.05) is 17.4 Å². The van der Waals surface area contributed by atoms with Crippen LogP contribution in [0.2, 0.25) is 0 Å². The molecule has 172 valence electrons. The molecule has 3 amide bonds. The Morgan fingerprint density at radius 3 is 2.09 bits per heavy atom. The molecule has 2 saturated heterocycles. The first-order valence-electron chi connectivity index (χ1n) is 10.8. The number of carbonyl (C=O) groups excluding carboxylic acids is 3. The van der Waals surface area contributed by atoms with Crippen LogP contribution in [0.4, 0.5) is 9.80 Å². The SMILES string of the molecule is CC1CC[C@@H](C)[N+]1(C(=O)O[N+]1(O)C(=O)CCC1=O)c1ccc(-c2ccc(-c3cccs3)s2)s1. The molecular formula is C23H24N2O5S3+2. The highest BCUT2D eigenvalue weighted by Crippen LogP contribution is 2.48. The lowest BCUT2D eigenvalue weighted by atomic mass is 10.2. The quantitative estimate of drug-likeness (QED) is 0.260. The zero-order valence-corrected chi connectivity index (χ0v) is 20.7. The minimum absolute atomic E-state index is 0.122. The molecule has 10 heteroatoms. The molecule has 0 radical (unpaired) electrons. The number of likely N-dealkylation sites (tertiary alicyclic amines) is 1. The van der Waals surface area contributed by atoms with Crippen LogP contribution in [-0.4, -0.2) is 40.0 Å². The zero-order chi connectivity index (χ0) is 23.4. The molecule has 3 atom stereocenters. The molecular weight excluding hydrogens is 480 g/mol. The highest BCUT2D eigenvalue weighted by molar-refractivity contribution is 7.27. The van der Waals surface area contributed by atoms with Crippen molar-refractivity contribution in [2.24, 2.45) is 0 Å². The van der Waals surface area contributed by atoms with E-state index in [0.717, 1.165) is 27.6 Å². The van der Waals surface area contributed by atoms with Crippen molar-refractivity contribution in [3.8, 4) is 19.5 Å². The number of rotatable bonds is 4. The van der Waals surface area contributed by atoms with E-state index in [1.807, 2.05) is 32.0 Å². The van der Waals surface area contributed by atoms with E-state index in [9.17, 15) is 19.6 Å². The Hall–Kier alpha value is -2.21. The van der Waals surface area contributed by atoms with E-state index in [1.54, 1.807) is 22.7 Å². The van der Waals surface area contributed by atoms with Crippen LogP contribution in [0.3, 0.4) is 0 Å². The van der Waals surface area contributed by atoms with Crippen molar-refractivity contribution in [2.45, 2.75) is 51.6 Å². The normalized spacial score (nSPS) is 26.8. The average molecular weight is 505 g/mol. The highest BCUT2D eigenvalue weighted by atomic mass is 32.1. The number of hydrogen-bond acceptors (Lipinski definition) is 8. The van der Waals surface area contributed by atoms with E-state index < -0.39 is 22.7 Å². The summed E-state index contributed by atoms with van der Waals surface area (Å²) in [6, 6.07) is 12.0. The fraction of sp³-hybridized carbons (Fsp3) is 0.348. The Bertz CT molecular complexity index is 1200. The molecule has 2 fully saturated rings. The van der Waals surface area contributed by atoms with Gasteiger partial charge in [-0.15, -0.1) is 22.7 Å². The Morgan fingerprint density at radius 1 is 0.909 bits per heavy atom. The molecule has 2 unspecified atom stereocenters. The largest absolute Gasteiger partial charge is 0.575 e. The van der Waals surface area contributed by atoms with Gasteiger partial charge in [0.25, 0.3) is 0 Å². The summed E-state index contributed by atoms with van der Waals surface area (Å²) in [6.45, 7) is 3.94. The van der Waals surface area contributed by atoms with Crippen LogP contribution >= 0.6 is 34.0 Å². The Kier molecular flexibility index (Phi) is 5.63. The molecule has 5 rings (SSSR count). The van der Waals surface area contributed by atoms with Crippen molar-refractivity contribution in [2.75, 3.05) is 0 Å². The van der Waals surface area contributed by atoms with Gasteiger partial charge in [0.1, 0.15) is 16.9 Å². The third-order valence-electron chi connectivity index (χ3n) is 6.70. The van der Waals surface area contributed by atoms with E-state index in [0.29, 0.717) is 0 Å². The number of carbonyl (C=O) groups is 3. The molecule has 3 aromatic rings. The molecule has 2 aliphatic heterocycles. The summed E-state index contributed by atoms with van der Waals surface area (Å²) in [4.78, 5) is 46.0. The maximum absolute atomic E-state index is 13.6. The predicted molar refractivity (Wildman–Crippen MR) is 129 cm³/mol. The topological polar surface area (TPSA) is 80.7 Å². The molecule has 5 heterocycles. The third-order valence-corrected chi connectivity index (χ3v) is 10.2. The van der Waals surface area contributed by atoms with Crippen molar-refractivity contribution in [3.05, 3.63) is 41.8 Å². The molecule has 0 spiro atoms. The number of amides is 3. The van der Waals surface area contributed by atoms with Gasteiger partial charge < -0.3 is 0 Å². The van der Waals surface area contributed by atoms with Gasteiger partial charge >= 0.3 is 17.9 Å². The van der Waals surface area contributed by atoms with Crippen LogP contribution in [0.15, 0.2) is 41.8 Å². The number of imide groups is 1. The minimum Gasteiger partial charge on any atom is -0.222 e. The van der Waals surface area contributed by atoms with Gasteiger partial charge in [0, 0.05) is 33.5 Å². The van der Waals surface area contributed by atoms with E-state index in [-0.39, 0.29) is 29.4 Å². The van der Waals surface area contributed by atoms with Crippen molar-refractivity contribution >= 4 is 56.9 Å². The van der Waals surface area contributed by atoms with E-state index in [4.69, 9.17) is 4.84 Å². The maximum atomic E-state index is 13.6. The Balaban J connectivity index is 1.51. The van der Waals surface area contributed by atoms with Gasteiger partial charge in [-0.2, -0.15) is 19.3 Å². The van der Waals surface area contributed by atoms with Crippen LogP contribution in [0.25, 0.3) is 19.5 Å². The first-order chi connectivity index (χ1) is 15.8. The smallest absolute Gasteiger partial charge is 0.222 e.